The Bertz CT molecular complexity index is 443. The van der Waals surface area contributed by atoms with Gasteiger partial charge in [0.15, 0.2) is 0 Å². The van der Waals surface area contributed by atoms with Gasteiger partial charge < -0.3 is 15.7 Å². The van der Waals surface area contributed by atoms with Crippen molar-refractivity contribution in [3.05, 3.63) is 21.9 Å². The summed E-state index contributed by atoms with van der Waals surface area (Å²) in [5.74, 6) is 5.52. The van der Waals surface area contributed by atoms with Gasteiger partial charge in [-0.1, -0.05) is 11.8 Å². The Morgan fingerprint density at radius 1 is 1.71 bits per heavy atom. The molecule has 1 aromatic heterocycles. The Labute approximate surface area is 105 Å². The number of aliphatic hydroxyl groups is 1. The van der Waals surface area contributed by atoms with Crippen LogP contribution in [-0.2, 0) is 0 Å². The summed E-state index contributed by atoms with van der Waals surface area (Å²) < 4.78 is 0. The van der Waals surface area contributed by atoms with Gasteiger partial charge in [-0.25, -0.2) is 0 Å². The molecule has 0 saturated carbocycles. The van der Waals surface area contributed by atoms with E-state index >= 15 is 0 Å². The van der Waals surface area contributed by atoms with Gasteiger partial charge in [0.2, 0.25) is 0 Å². The summed E-state index contributed by atoms with van der Waals surface area (Å²) >= 11 is 1.41. The monoisotopic (exact) mass is 252 g/mol. The zero-order valence-electron chi connectivity index (χ0n) is 9.93. The maximum absolute atomic E-state index is 11.9. The first-order chi connectivity index (χ1) is 8.04. The van der Waals surface area contributed by atoms with Crippen LogP contribution < -0.4 is 5.73 Å². The van der Waals surface area contributed by atoms with E-state index in [0.717, 1.165) is 4.88 Å². The molecule has 1 rings (SSSR count). The van der Waals surface area contributed by atoms with E-state index in [1.807, 2.05) is 0 Å². The van der Waals surface area contributed by atoms with Crippen molar-refractivity contribution in [3.63, 3.8) is 0 Å². The van der Waals surface area contributed by atoms with Gasteiger partial charge in [-0.15, -0.1) is 11.3 Å². The normalized spacial score (nSPS) is 11.5. The molecule has 3 N–H and O–H groups in total. The van der Waals surface area contributed by atoms with Gasteiger partial charge in [-0.05, 0) is 13.0 Å². The van der Waals surface area contributed by atoms with Crippen LogP contribution in [0.25, 0.3) is 0 Å². The van der Waals surface area contributed by atoms with E-state index in [1.54, 1.807) is 25.4 Å². The second-order valence-corrected chi connectivity index (χ2v) is 4.65. The van der Waals surface area contributed by atoms with Crippen molar-refractivity contribution in [1.29, 1.82) is 0 Å². The maximum atomic E-state index is 11.9. The smallest absolute Gasteiger partial charge is 0.254 e. The minimum atomic E-state index is -0.529. The average Bonchev–Trinajstić information content (AvgIpc) is 2.72. The molecular formula is C12H16N2O2S. The highest BCUT2D eigenvalue weighted by atomic mass is 32.1. The van der Waals surface area contributed by atoms with Crippen LogP contribution in [0.3, 0.4) is 0 Å². The first kappa shape index (κ1) is 13.7. The van der Waals surface area contributed by atoms with E-state index in [4.69, 9.17) is 5.73 Å². The van der Waals surface area contributed by atoms with E-state index in [-0.39, 0.29) is 5.91 Å². The fourth-order valence-electron chi connectivity index (χ4n) is 1.35. The summed E-state index contributed by atoms with van der Waals surface area (Å²) in [6, 6.07) is 1.74. The van der Waals surface area contributed by atoms with Crippen LogP contribution in [-0.4, -0.2) is 42.2 Å². The maximum Gasteiger partial charge on any atom is 0.254 e. The molecule has 1 atom stereocenters. The van der Waals surface area contributed by atoms with E-state index in [0.29, 0.717) is 18.7 Å². The minimum Gasteiger partial charge on any atom is -0.392 e. The molecule has 0 bridgehead atoms. The topological polar surface area (TPSA) is 66.6 Å². The Balaban J connectivity index is 2.72. The number of aliphatic hydroxyl groups excluding tert-OH is 1. The largest absolute Gasteiger partial charge is 0.392 e. The second-order valence-electron chi connectivity index (χ2n) is 3.74. The first-order valence-corrected chi connectivity index (χ1v) is 6.13. The third-order valence-electron chi connectivity index (χ3n) is 2.04. The molecule has 1 unspecified atom stereocenters. The molecule has 5 heteroatoms. The zero-order valence-corrected chi connectivity index (χ0v) is 10.8. The number of hydrogen-bond acceptors (Lipinski definition) is 4. The number of carbonyl (C=O) groups excluding carboxylic acids is 1. The number of carbonyl (C=O) groups is 1. The molecule has 0 saturated heterocycles. The van der Waals surface area contributed by atoms with Crippen LogP contribution in [0.2, 0.25) is 0 Å². The Morgan fingerprint density at radius 2 is 2.41 bits per heavy atom. The average molecular weight is 252 g/mol. The van der Waals surface area contributed by atoms with Crippen LogP contribution in [0.15, 0.2) is 11.4 Å². The Morgan fingerprint density at radius 3 is 3.00 bits per heavy atom. The summed E-state index contributed by atoms with van der Waals surface area (Å²) in [6.07, 6.45) is -0.529. The van der Waals surface area contributed by atoms with Crippen molar-refractivity contribution in [3.8, 4) is 11.8 Å². The molecule has 17 heavy (non-hydrogen) atoms. The zero-order chi connectivity index (χ0) is 12.8. The van der Waals surface area contributed by atoms with Gasteiger partial charge in [0, 0.05) is 19.0 Å². The van der Waals surface area contributed by atoms with Crippen molar-refractivity contribution in [2.24, 2.45) is 5.73 Å². The highest BCUT2D eigenvalue weighted by molar-refractivity contribution is 7.10. The summed E-state index contributed by atoms with van der Waals surface area (Å²) in [5, 5.41) is 11.0. The number of thiophene rings is 1. The summed E-state index contributed by atoms with van der Waals surface area (Å²) in [6.45, 7) is 2.27. The van der Waals surface area contributed by atoms with E-state index < -0.39 is 6.10 Å². The molecule has 1 aromatic rings. The second kappa shape index (κ2) is 6.40. The molecule has 0 aliphatic carbocycles. The molecule has 1 heterocycles. The molecule has 0 radical (unpaired) electrons. The van der Waals surface area contributed by atoms with Crippen molar-refractivity contribution < 1.29 is 9.90 Å². The third kappa shape index (κ3) is 4.19. The number of nitrogens with zero attached hydrogens (tertiary/aromatic N) is 1. The lowest BCUT2D eigenvalue weighted by Gasteiger charge is -2.17. The first-order valence-electron chi connectivity index (χ1n) is 5.25. The molecule has 0 aromatic carbocycles. The number of likely N-dealkylation sites (N-methyl/N-ethyl adjacent to an activating group) is 1. The van der Waals surface area contributed by atoms with Gasteiger partial charge in [0.25, 0.3) is 5.91 Å². The van der Waals surface area contributed by atoms with E-state index in [2.05, 4.69) is 11.8 Å². The van der Waals surface area contributed by atoms with Gasteiger partial charge in [0.05, 0.1) is 23.1 Å². The number of amides is 1. The van der Waals surface area contributed by atoms with Crippen molar-refractivity contribution in [2.75, 3.05) is 20.1 Å². The number of hydrogen-bond donors (Lipinski definition) is 2. The van der Waals surface area contributed by atoms with Crippen molar-refractivity contribution in [2.45, 2.75) is 13.0 Å². The molecule has 4 nitrogen and oxygen atoms in total. The summed E-state index contributed by atoms with van der Waals surface area (Å²) in [5.41, 5.74) is 5.87. The van der Waals surface area contributed by atoms with Gasteiger partial charge >= 0.3 is 0 Å². The van der Waals surface area contributed by atoms with Crippen LogP contribution in [0.1, 0.15) is 22.2 Å². The van der Waals surface area contributed by atoms with Gasteiger partial charge in [0.1, 0.15) is 0 Å². The fraction of sp³-hybridized carbons (Fsp3) is 0.417. The minimum absolute atomic E-state index is 0.108. The molecule has 0 aliphatic heterocycles. The lowest BCUT2D eigenvalue weighted by atomic mass is 10.2. The SMILES string of the molecule is CC(O)CN(C)C(=O)c1csc(C#CCN)c1. The Hall–Kier alpha value is -1.35. The lowest BCUT2D eigenvalue weighted by Crippen LogP contribution is -2.32. The van der Waals surface area contributed by atoms with E-state index in [1.165, 1.54) is 16.2 Å². The molecule has 0 fully saturated rings. The molecular weight excluding hydrogens is 236 g/mol. The predicted molar refractivity (Wildman–Crippen MR) is 68.9 cm³/mol. The number of rotatable bonds is 3. The van der Waals surface area contributed by atoms with Crippen molar-refractivity contribution in [1.82, 2.24) is 4.90 Å². The van der Waals surface area contributed by atoms with Crippen molar-refractivity contribution >= 4 is 17.2 Å². The standard InChI is InChI=1S/C12H16N2O2S/c1-9(15)7-14(2)12(16)10-6-11(17-8-10)4-3-5-13/h6,8-9,15H,5,7,13H2,1-2H3. The van der Waals surface area contributed by atoms with Gasteiger partial charge in [-0.2, -0.15) is 0 Å². The lowest BCUT2D eigenvalue weighted by molar-refractivity contribution is 0.0704. The number of nitrogens with two attached hydrogens (primary N) is 1. The predicted octanol–water partition coefficient (Wildman–Crippen LogP) is 0.511. The van der Waals surface area contributed by atoms with Crippen LogP contribution in [0.4, 0.5) is 0 Å². The Kier molecular flexibility index (Phi) is 5.16. The van der Waals surface area contributed by atoms with Crippen LogP contribution in [0, 0.1) is 11.8 Å². The van der Waals surface area contributed by atoms with Crippen LogP contribution in [0.5, 0.6) is 0 Å². The molecule has 0 spiro atoms. The van der Waals surface area contributed by atoms with Gasteiger partial charge in [-0.3, -0.25) is 4.79 Å². The molecule has 0 aliphatic rings. The highest BCUT2D eigenvalue weighted by Gasteiger charge is 2.14. The quantitative estimate of drug-likeness (QED) is 0.770. The molecule has 92 valence electrons. The fourth-order valence-corrected chi connectivity index (χ4v) is 2.10. The highest BCUT2D eigenvalue weighted by Crippen LogP contribution is 2.15. The van der Waals surface area contributed by atoms with E-state index in [9.17, 15) is 9.90 Å². The third-order valence-corrected chi connectivity index (χ3v) is 2.89. The molecule has 1 amide bonds. The van der Waals surface area contributed by atoms with Crippen LogP contribution >= 0.6 is 11.3 Å². The summed E-state index contributed by atoms with van der Waals surface area (Å²) in [7, 11) is 1.66. The summed E-state index contributed by atoms with van der Waals surface area (Å²) in [4.78, 5) is 14.2.